The van der Waals surface area contributed by atoms with Gasteiger partial charge in [-0.3, -0.25) is 5.32 Å². The largest absolute Gasteiger partial charge is 0.378 e. The first-order valence-corrected chi connectivity index (χ1v) is 6.55. The molecule has 7 heteroatoms. The number of amides is 2. The summed E-state index contributed by atoms with van der Waals surface area (Å²) in [6.45, 7) is 3.07. The second kappa shape index (κ2) is 5.40. The Morgan fingerprint density at radius 2 is 2.05 bits per heavy atom. The van der Waals surface area contributed by atoms with Crippen LogP contribution >= 0.6 is 0 Å². The Hall–Kier alpha value is -1.89. The third-order valence-corrected chi connectivity index (χ3v) is 3.14. The molecular weight excluding hydrogens is 246 g/mol. The fourth-order valence-corrected chi connectivity index (χ4v) is 1.92. The first-order valence-electron chi connectivity index (χ1n) is 6.55. The third-order valence-electron chi connectivity index (χ3n) is 3.14. The molecule has 2 heterocycles. The number of urea groups is 1. The van der Waals surface area contributed by atoms with Gasteiger partial charge in [0, 0.05) is 19.1 Å². The zero-order valence-electron chi connectivity index (χ0n) is 10.6. The number of hydrogen-bond acceptors (Lipinski definition) is 5. The number of aromatic nitrogens is 2. The number of hydrogen-bond donors (Lipinski definition) is 2. The Morgan fingerprint density at radius 1 is 1.26 bits per heavy atom. The molecule has 19 heavy (non-hydrogen) atoms. The highest BCUT2D eigenvalue weighted by Crippen LogP contribution is 2.18. The number of ether oxygens (including phenoxy) is 1. The number of morpholine rings is 1. The van der Waals surface area contributed by atoms with Crippen LogP contribution < -0.4 is 15.5 Å². The van der Waals surface area contributed by atoms with Gasteiger partial charge in [0.1, 0.15) is 0 Å². The van der Waals surface area contributed by atoms with E-state index in [-0.39, 0.29) is 6.03 Å². The molecule has 7 nitrogen and oxygen atoms in total. The van der Waals surface area contributed by atoms with Crippen molar-refractivity contribution in [3.8, 4) is 0 Å². The van der Waals surface area contributed by atoms with E-state index in [1.54, 1.807) is 6.07 Å². The van der Waals surface area contributed by atoms with E-state index < -0.39 is 0 Å². The molecule has 3 rings (SSSR count). The standard InChI is InChI=1S/C12H17N5O2/c18-12(13-9-1-2-9)14-10-3-4-11(16-15-10)17-5-7-19-8-6-17/h3-4,9H,1-2,5-8H2,(H2,13,14,15,18). The SMILES string of the molecule is O=C(Nc1ccc(N2CCOCC2)nn1)NC1CC1. The van der Waals surface area contributed by atoms with E-state index >= 15 is 0 Å². The van der Waals surface area contributed by atoms with Crippen molar-refractivity contribution in [1.82, 2.24) is 15.5 Å². The number of anilines is 2. The van der Waals surface area contributed by atoms with Crippen LogP contribution in [0.5, 0.6) is 0 Å². The topological polar surface area (TPSA) is 79.4 Å². The van der Waals surface area contributed by atoms with Crippen LogP contribution in [0.2, 0.25) is 0 Å². The average Bonchev–Trinajstić information content (AvgIpc) is 3.24. The summed E-state index contributed by atoms with van der Waals surface area (Å²) in [6.07, 6.45) is 2.13. The molecule has 0 aromatic carbocycles. The highest BCUT2D eigenvalue weighted by atomic mass is 16.5. The predicted molar refractivity (Wildman–Crippen MR) is 70.2 cm³/mol. The fraction of sp³-hybridized carbons (Fsp3) is 0.583. The van der Waals surface area contributed by atoms with Gasteiger partial charge in [0.25, 0.3) is 0 Å². The zero-order valence-corrected chi connectivity index (χ0v) is 10.6. The van der Waals surface area contributed by atoms with Crippen LogP contribution in [0.25, 0.3) is 0 Å². The molecule has 0 radical (unpaired) electrons. The van der Waals surface area contributed by atoms with Gasteiger partial charge in [-0.1, -0.05) is 0 Å². The van der Waals surface area contributed by atoms with Crippen LogP contribution in [-0.4, -0.2) is 48.6 Å². The summed E-state index contributed by atoms with van der Waals surface area (Å²) in [7, 11) is 0. The lowest BCUT2D eigenvalue weighted by molar-refractivity contribution is 0.122. The molecule has 102 valence electrons. The minimum atomic E-state index is -0.212. The molecule has 0 unspecified atom stereocenters. The Kier molecular flexibility index (Phi) is 3.45. The van der Waals surface area contributed by atoms with Crippen molar-refractivity contribution < 1.29 is 9.53 Å². The number of nitrogens with zero attached hydrogens (tertiary/aromatic N) is 3. The number of rotatable bonds is 3. The molecule has 1 saturated heterocycles. The number of carbonyl (C=O) groups is 1. The molecular formula is C12H17N5O2. The Bertz CT molecular complexity index is 440. The van der Waals surface area contributed by atoms with Crippen molar-refractivity contribution in [2.75, 3.05) is 36.5 Å². The molecule has 0 atom stereocenters. The molecule has 2 amide bonds. The lowest BCUT2D eigenvalue weighted by atomic mass is 10.4. The summed E-state index contributed by atoms with van der Waals surface area (Å²) in [5, 5.41) is 13.7. The Balaban J connectivity index is 1.56. The van der Waals surface area contributed by atoms with Crippen LogP contribution in [0, 0.1) is 0 Å². The normalized spacial score (nSPS) is 19.1. The van der Waals surface area contributed by atoms with Gasteiger partial charge in [0.2, 0.25) is 0 Å². The third kappa shape index (κ3) is 3.31. The van der Waals surface area contributed by atoms with Gasteiger partial charge in [-0.2, -0.15) is 0 Å². The van der Waals surface area contributed by atoms with E-state index in [0.717, 1.165) is 31.7 Å². The van der Waals surface area contributed by atoms with Crippen molar-refractivity contribution >= 4 is 17.7 Å². The van der Waals surface area contributed by atoms with E-state index in [1.165, 1.54) is 0 Å². The summed E-state index contributed by atoms with van der Waals surface area (Å²) < 4.78 is 5.29. The van der Waals surface area contributed by atoms with Crippen molar-refractivity contribution in [3.63, 3.8) is 0 Å². The predicted octanol–water partition coefficient (Wildman–Crippen LogP) is 0.597. The molecule has 1 saturated carbocycles. The number of nitrogens with one attached hydrogen (secondary N) is 2. The molecule has 1 aliphatic carbocycles. The van der Waals surface area contributed by atoms with Crippen molar-refractivity contribution in [2.45, 2.75) is 18.9 Å². The van der Waals surface area contributed by atoms with Crippen LogP contribution in [0.4, 0.5) is 16.4 Å². The molecule has 1 aromatic heterocycles. The highest BCUT2D eigenvalue weighted by molar-refractivity contribution is 5.88. The van der Waals surface area contributed by atoms with Crippen LogP contribution in [0.15, 0.2) is 12.1 Å². The minimum absolute atomic E-state index is 0.212. The van der Waals surface area contributed by atoms with Gasteiger partial charge < -0.3 is 15.0 Å². The number of carbonyl (C=O) groups excluding carboxylic acids is 1. The van der Waals surface area contributed by atoms with Gasteiger partial charge in [-0.05, 0) is 25.0 Å². The van der Waals surface area contributed by atoms with Crippen molar-refractivity contribution in [1.29, 1.82) is 0 Å². The maximum atomic E-state index is 11.5. The quantitative estimate of drug-likeness (QED) is 0.834. The van der Waals surface area contributed by atoms with Crippen LogP contribution in [0.1, 0.15) is 12.8 Å². The van der Waals surface area contributed by atoms with Crippen LogP contribution in [0.3, 0.4) is 0 Å². The molecule has 1 aliphatic heterocycles. The lowest BCUT2D eigenvalue weighted by Gasteiger charge is -2.27. The van der Waals surface area contributed by atoms with Gasteiger partial charge in [-0.15, -0.1) is 10.2 Å². The summed E-state index contributed by atoms with van der Waals surface area (Å²) in [4.78, 5) is 13.6. The summed E-state index contributed by atoms with van der Waals surface area (Å²) >= 11 is 0. The second-order valence-electron chi connectivity index (χ2n) is 4.75. The summed E-state index contributed by atoms with van der Waals surface area (Å²) in [6, 6.07) is 3.76. The van der Waals surface area contributed by atoms with E-state index in [1.807, 2.05) is 6.07 Å². The fourth-order valence-electron chi connectivity index (χ4n) is 1.92. The summed E-state index contributed by atoms with van der Waals surface area (Å²) in [5.74, 6) is 1.28. The van der Waals surface area contributed by atoms with Crippen molar-refractivity contribution in [2.24, 2.45) is 0 Å². The van der Waals surface area contributed by atoms with Gasteiger partial charge in [-0.25, -0.2) is 4.79 Å². The van der Waals surface area contributed by atoms with E-state index in [4.69, 9.17) is 4.74 Å². The first kappa shape index (κ1) is 12.2. The summed E-state index contributed by atoms with van der Waals surface area (Å²) in [5.41, 5.74) is 0. The van der Waals surface area contributed by atoms with Gasteiger partial charge in [0.05, 0.1) is 13.2 Å². The maximum absolute atomic E-state index is 11.5. The molecule has 0 spiro atoms. The molecule has 2 aliphatic rings. The second-order valence-corrected chi connectivity index (χ2v) is 4.75. The highest BCUT2D eigenvalue weighted by Gasteiger charge is 2.23. The first-order chi connectivity index (χ1) is 9.31. The van der Waals surface area contributed by atoms with E-state index in [2.05, 4.69) is 25.7 Å². The van der Waals surface area contributed by atoms with Crippen molar-refractivity contribution in [3.05, 3.63) is 12.1 Å². The van der Waals surface area contributed by atoms with E-state index in [0.29, 0.717) is 25.1 Å². The maximum Gasteiger partial charge on any atom is 0.320 e. The molecule has 0 bridgehead atoms. The van der Waals surface area contributed by atoms with Crippen LogP contribution in [-0.2, 0) is 4.74 Å². The van der Waals surface area contributed by atoms with Gasteiger partial charge >= 0.3 is 6.03 Å². The lowest BCUT2D eigenvalue weighted by Crippen LogP contribution is -2.37. The Labute approximate surface area is 111 Å². The molecule has 1 aromatic rings. The monoisotopic (exact) mass is 263 g/mol. The van der Waals surface area contributed by atoms with E-state index in [9.17, 15) is 4.79 Å². The van der Waals surface area contributed by atoms with Gasteiger partial charge in [0.15, 0.2) is 11.6 Å². The molecule has 2 fully saturated rings. The smallest absolute Gasteiger partial charge is 0.320 e. The average molecular weight is 263 g/mol. The zero-order chi connectivity index (χ0) is 13.1. The Morgan fingerprint density at radius 3 is 2.68 bits per heavy atom. The molecule has 2 N–H and O–H groups in total. The minimum Gasteiger partial charge on any atom is -0.378 e.